The van der Waals surface area contributed by atoms with Crippen LogP contribution in [0.2, 0.25) is 0 Å². The normalized spacial score (nSPS) is 19.7. The molecule has 3 rings (SSSR count). The summed E-state index contributed by atoms with van der Waals surface area (Å²) in [6.07, 6.45) is 5.29. The lowest BCUT2D eigenvalue weighted by atomic mass is 9.96. The van der Waals surface area contributed by atoms with E-state index in [2.05, 4.69) is 17.3 Å². The minimum atomic E-state index is -0.121. The van der Waals surface area contributed by atoms with Gasteiger partial charge >= 0.3 is 0 Å². The van der Waals surface area contributed by atoms with E-state index in [0.717, 1.165) is 69.7 Å². The molecule has 1 N–H and O–H groups in total. The molecule has 178 valence electrons. The average molecular weight is 446 g/mol. The second kappa shape index (κ2) is 12.8. The van der Waals surface area contributed by atoms with Crippen LogP contribution in [0.3, 0.4) is 0 Å². The predicted molar refractivity (Wildman–Crippen MR) is 124 cm³/mol. The third-order valence-corrected chi connectivity index (χ3v) is 6.50. The highest BCUT2D eigenvalue weighted by Crippen LogP contribution is 2.19. The fraction of sp³-hybridized carbons (Fsp3) is 0.680. The summed E-state index contributed by atoms with van der Waals surface area (Å²) in [4.78, 5) is 29.1. The van der Waals surface area contributed by atoms with Crippen molar-refractivity contribution < 1.29 is 19.1 Å². The zero-order valence-electron chi connectivity index (χ0n) is 19.7. The molecule has 1 aromatic carbocycles. The van der Waals surface area contributed by atoms with Crippen LogP contribution in [0.25, 0.3) is 0 Å². The first-order valence-corrected chi connectivity index (χ1v) is 12.1. The quantitative estimate of drug-likeness (QED) is 0.600. The number of carbonyl (C=O) groups is 2. The molecule has 2 fully saturated rings. The summed E-state index contributed by atoms with van der Waals surface area (Å²) in [5.41, 5.74) is 1.02. The van der Waals surface area contributed by atoms with Gasteiger partial charge in [0.25, 0.3) is 0 Å². The van der Waals surface area contributed by atoms with Crippen LogP contribution in [-0.2, 0) is 20.9 Å². The molecule has 2 aliphatic rings. The van der Waals surface area contributed by atoms with Crippen LogP contribution in [0.5, 0.6) is 5.75 Å². The Kier molecular flexibility index (Phi) is 9.81. The van der Waals surface area contributed by atoms with Crippen molar-refractivity contribution in [3.05, 3.63) is 29.8 Å². The Labute approximate surface area is 192 Å². The van der Waals surface area contributed by atoms with Gasteiger partial charge in [-0.1, -0.05) is 19.1 Å². The van der Waals surface area contributed by atoms with Crippen molar-refractivity contribution in [3.8, 4) is 5.75 Å². The van der Waals surface area contributed by atoms with Gasteiger partial charge in [0.2, 0.25) is 11.8 Å². The number of nitrogens with one attached hydrogen (secondary N) is 1. The molecule has 0 radical (unpaired) electrons. The summed E-state index contributed by atoms with van der Waals surface area (Å²) < 4.78 is 11.4. The third-order valence-electron chi connectivity index (χ3n) is 6.50. The maximum Gasteiger partial charge on any atom is 0.225 e. The zero-order chi connectivity index (χ0) is 22.8. The van der Waals surface area contributed by atoms with Crippen LogP contribution in [0.15, 0.2) is 24.3 Å². The number of carbonyl (C=O) groups excluding carboxylic acids is 2. The molecule has 0 aromatic heterocycles. The molecule has 1 aromatic rings. The second-order valence-electron chi connectivity index (χ2n) is 8.97. The molecule has 0 saturated carbocycles. The number of likely N-dealkylation sites (tertiary alicyclic amines) is 1. The highest BCUT2D eigenvalue weighted by molar-refractivity contribution is 5.81. The molecule has 0 spiro atoms. The lowest BCUT2D eigenvalue weighted by Gasteiger charge is -2.32. The maximum atomic E-state index is 12.7. The van der Waals surface area contributed by atoms with Crippen molar-refractivity contribution in [2.45, 2.75) is 58.0 Å². The Hall–Kier alpha value is -2.12. The Morgan fingerprint density at radius 3 is 2.84 bits per heavy atom. The molecule has 2 saturated heterocycles. The summed E-state index contributed by atoms with van der Waals surface area (Å²) in [5.74, 6) is 0.900. The smallest absolute Gasteiger partial charge is 0.225 e. The molecule has 0 aliphatic carbocycles. The van der Waals surface area contributed by atoms with Crippen LogP contribution < -0.4 is 10.1 Å². The zero-order valence-corrected chi connectivity index (χ0v) is 19.7. The molecule has 2 aliphatic heterocycles. The van der Waals surface area contributed by atoms with Gasteiger partial charge in [-0.15, -0.1) is 0 Å². The monoisotopic (exact) mass is 445 g/mol. The van der Waals surface area contributed by atoms with Gasteiger partial charge in [-0.3, -0.25) is 14.5 Å². The van der Waals surface area contributed by atoms with E-state index in [1.807, 2.05) is 36.1 Å². The SMILES string of the molecule is CCCC(=O)N1CCCC(C(=O)NCc2cccc(OCCN(C)C3CCOCC3)c2)C1. The lowest BCUT2D eigenvalue weighted by Crippen LogP contribution is -2.45. The highest BCUT2D eigenvalue weighted by Gasteiger charge is 2.27. The number of amides is 2. The molecule has 2 heterocycles. The van der Waals surface area contributed by atoms with Gasteiger partial charge in [0.05, 0.1) is 5.92 Å². The van der Waals surface area contributed by atoms with E-state index in [9.17, 15) is 9.59 Å². The topological polar surface area (TPSA) is 71.1 Å². The van der Waals surface area contributed by atoms with Crippen molar-refractivity contribution in [1.82, 2.24) is 15.1 Å². The van der Waals surface area contributed by atoms with E-state index >= 15 is 0 Å². The third kappa shape index (κ3) is 7.48. The van der Waals surface area contributed by atoms with Crippen LogP contribution >= 0.6 is 0 Å². The number of nitrogens with zero attached hydrogens (tertiary/aromatic N) is 2. The van der Waals surface area contributed by atoms with E-state index in [0.29, 0.717) is 32.2 Å². The molecule has 7 nitrogen and oxygen atoms in total. The van der Waals surface area contributed by atoms with E-state index < -0.39 is 0 Å². The van der Waals surface area contributed by atoms with Crippen molar-refractivity contribution in [2.75, 3.05) is 46.5 Å². The molecule has 7 heteroatoms. The summed E-state index contributed by atoms with van der Waals surface area (Å²) in [6, 6.07) is 8.48. The highest BCUT2D eigenvalue weighted by atomic mass is 16.5. The lowest BCUT2D eigenvalue weighted by molar-refractivity contribution is -0.135. The first kappa shape index (κ1) is 24.5. The van der Waals surface area contributed by atoms with Gasteiger partial charge in [-0.25, -0.2) is 0 Å². The number of hydrogen-bond donors (Lipinski definition) is 1. The number of ether oxygens (including phenoxy) is 2. The first-order chi connectivity index (χ1) is 15.6. The van der Waals surface area contributed by atoms with E-state index in [1.165, 1.54) is 0 Å². The molecule has 1 atom stereocenters. The van der Waals surface area contributed by atoms with Gasteiger partial charge in [0.15, 0.2) is 0 Å². The van der Waals surface area contributed by atoms with E-state index in [-0.39, 0.29) is 17.7 Å². The van der Waals surface area contributed by atoms with Crippen molar-refractivity contribution in [2.24, 2.45) is 5.92 Å². The second-order valence-corrected chi connectivity index (χ2v) is 8.97. The largest absolute Gasteiger partial charge is 0.492 e. The number of benzene rings is 1. The molecular formula is C25H39N3O4. The number of hydrogen-bond acceptors (Lipinski definition) is 5. The fourth-order valence-electron chi connectivity index (χ4n) is 4.48. The van der Waals surface area contributed by atoms with Crippen LogP contribution in [0, 0.1) is 5.92 Å². The van der Waals surface area contributed by atoms with Gasteiger partial charge < -0.3 is 19.7 Å². The number of rotatable bonds is 10. The van der Waals surface area contributed by atoms with E-state index in [1.54, 1.807) is 0 Å². The van der Waals surface area contributed by atoms with E-state index in [4.69, 9.17) is 9.47 Å². The number of likely N-dealkylation sites (N-methyl/N-ethyl adjacent to an activating group) is 1. The molecular weight excluding hydrogens is 406 g/mol. The van der Waals surface area contributed by atoms with Crippen LogP contribution in [0.1, 0.15) is 51.0 Å². The molecule has 1 unspecified atom stereocenters. The molecule has 0 bridgehead atoms. The summed E-state index contributed by atoms with van der Waals surface area (Å²) >= 11 is 0. The van der Waals surface area contributed by atoms with Gasteiger partial charge in [0.1, 0.15) is 12.4 Å². The molecule has 2 amide bonds. The summed E-state index contributed by atoms with van der Waals surface area (Å²) in [5, 5.41) is 3.05. The Morgan fingerprint density at radius 2 is 2.06 bits per heavy atom. The van der Waals surface area contributed by atoms with Crippen LogP contribution in [0.4, 0.5) is 0 Å². The predicted octanol–water partition coefficient (Wildman–Crippen LogP) is 2.83. The van der Waals surface area contributed by atoms with Crippen LogP contribution in [-0.4, -0.2) is 74.2 Å². The van der Waals surface area contributed by atoms with Gasteiger partial charge in [0, 0.05) is 51.9 Å². The minimum Gasteiger partial charge on any atom is -0.492 e. The van der Waals surface area contributed by atoms with Crippen molar-refractivity contribution in [1.29, 1.82) is 0 Å². The molecule has 32 heavy (non-hydrogen) atoms. The number of piperidine rings is 1. The average Bonchev–Trinajstić information content (AvgIpc) is 2.83. The first-order valence-electron chi connectivity index (χ1n) is 12.1. The Bertz CT molecular complexity index is 736. The summed E-state index contributed by atoms with van der Waals surface area (Å²) in [6.45, 7) is 6.98. The Morgan fingerprint density at radius 1 is 1.25 bits per heavy atom. The fourth-order valence-corrected chi connectivity index (χ4v) is 4.48. The standard InChI is InChI=1S/C25H39N3O4/c1-3-6-24(29)28-12-5-8-21(19-28)25(30)26-18-20-7-4-9-23(17-20)32-16-13-27(2)22-10-14-31-15-11-22/h4,7,9,17,21-22H,3,5-6,8,10-16,18-19H2,1-2H3,(H,26,30). The summed E-state index contributed by atoms with van der Waals surface area (Å²) in [7, 11) is 2.15. The maximum absolute atomic E-state index is 12.7. The van der Waals surface area contributed by atoms with Gasteiger partial charge in [-0.2, -0.15) is 0 Å². The minimum absolute atomic E-state index is 0.0309. The Balaban J connectivity index is 1.41. The van der Waals surface area contributed by atoms with Gasteiger partial charge in [-0.05, 0) is 56.8 Å². The van der Waals surface area contributed by atoms with Crippen molar-refractivity contribution >= 4 is 11.8 Å². The van der Waals surface area contributed by atoms with Crippen molar-refractivity contribution in [3.63, 3.8) is 0 Å².